The van der Waals surface area contributed by atoms with Crippen molar-refractivity contribution in [1.82, 2.24) is 24.3 Å². The molecule has 0 spiro atoms. The number of thioether (sulfide) groups is 1. The average molecular weight is 476 g/mol. The maximum atomic E-state index is 13.1. The lowest BCUT2D eigenvalue weighted by Crippen LogP contribution is -2.22. The molecule has 3 heterocycles. The van der Waals surface area contributed by atoms with Crippen LogP contribution in [0.2, 0.25) is 0 Å². The Labute approximate surface area is 203 Å². The number of nitrogens with one attached hydrogen (secondary N) is 1. The van der Waals surface area contributed by atoms with Crippen molar-refractivity contribution in [2.75, 3.05) is 11.1 Å². The zero-order chi connectivity index (χ0) is 23.7. The van der Waals surface area contributed by atoms with E-state index in [-0.39, 0.29) is 11.7 Å². The monoisotopic (exact) mass is 475 g/mol. The third kappa shape index (κ3) is 4.34. The summed E-state index contributed by atoms with van der Waals surface area (Å²) in [6, 6.07) is 6.89. The summed E-state index contributed by atoms with van der Waals surface area (Å²) in [5.41, 5.74) is 3.57. The smallest absolute Gasteiger partial charge is 0.235 e. The summed E-state index contributed by atoms with van der Waals surface area (Å²) >= 11 is 1.39. The standard InChI is InChI=1S/C25H29N7OS/c1-16-17(2)31(19-6-4-3-5-7-19)24(21(16)14-26)28-22(33)15-34-25-30-29-23(32(25)20-8-9-20)18-10-12-27-13-11-18/h10-13,19-20H,3-9,15H2,1-2H3,(H,28,33). The zero-order valence-corrected chi connectivity index (χ0v) is 20.4. The van der Waals surface area contributed by atoms with E-state index in [2.05, 4.69) is 35.7 Å². The Kier molecular flexibility index (Phi) is 6.42. The lowest BCUT2D eigenvalue weighted by Gasteiger charge is -2.27. The topological polar surface area (TPSA) is 101 Å². The van der Waals surface area contributed by atoms with Gasteiger partial charge in [-0.1, -0.05) is 31.0 Å². The summed E-state index contributed by atoms with van der Waals surface area (Å²) in [5, 5.41) is 22.5. The molecule has 2 aliphatic rings. The Balaban J connectivity index is 1.35. The van der Waals surface area contributed by atoms with Crippen molar-refractivity contribution in [3.63, 3.8) is 0 Å². The van der Waals surface area contributed by atoms with Crippen LogP contribution in [0.15, 0.2) is 29.7 Å². The molecule has 8 nitrogen and oxygen atoms in total. The van der Waals surface area contributed by atoms with E-state index < -0.39 is 0 Å². The van der Waals surface area contributed by atoms with E-state index in [0.717, 1.165) is 53.5 Å². The second-order valence-corrected chi connectivity index (χ2v) is 10.1. The van der Waals surface area contributed by atoms with E-state index >= 15 is 0 Å². The molecule has 2 aliphatic carbocycles. The van der Waals surface area contributed by atoms with Crippen LogP contribution >= 0.6 is 11.8 Å². The number of anilines is 1. The number of rotatable bonds is 7. The minimum atomic E-state index is -0.133. The first-order chi connectivity index (χ1) is 16.6. The highest BCUT2D eigenvalue weighted by molar-refractivity contribution is 7.99. The predicted molar refractivity (Wildman–Crippen MR) is 132 cm³/mol. The van der Waals surface area contributed by atoms with Gasteiger partial charge in [0.2, 0.25) is 5.91 Å². The maximum Gasteiger partial charge on any atom is 0.235 e. The molecule has 0 unspecified atom stereocenters. The summed E-state index contributed by atoms with van der Waals surface area (Å²) in [6.45, 7) is 4.02. The van der Waals surface area contributed by atoms with E-state index in [1.54, 1.807) is 12.4 Å². The Morgan fingerprint density at radius 3 is 2.47 bits per heavy atom. The molecule has 176 valence electrons. The molecule has 0 atom stereocenters. The van der Waals surface area contributed by atoms with Crippen LogP contribution in [0.1, 0.15) is 73.9 Å². The zero-order valence-electron chi connectivity index (χ0n) is 19.6. The molecule has 0 radical (unpaired) electrons. The van der Waals surface area contributed by atoms with Gasteiger partial charge in [-0.15, -0.1) is 10.2 Å². The van der Waals surface area contributed by atoms with Crippen molar-refractivity contribution in [3.05, 3.63) is 41.3 Å². The quantitative estimate of drug-likeness (QED) is 0.471. The first-order valence-corrected chi connectivity index (χ1v) is 13.0. The van der Waals surface area contributed by atoms with Crippen LogP contribution in [0.4, 0.5) is 5.82 Å². The fourth-order valence-corrected chi connectivity index (χ4v) is 5.72. The Morgan fingerprint density at radius 2 is 1.79 bits per heavy atom. The molecule has 2 fully saturated rings. The van der Waals surface area contributed by atoms with Crippen LogP contribution in [0, 0.1) is 25.2 Å². The van der Waals surface area contributed by atoms with Crippen LogP contribution < -0.4 is 5.32 Å². The molecular weight excluding hydrogens is 446 g/mol. The highest BCUT2D eigenvalue weighted by Crippen LogP contribution is 2.41. The summed E-state index contributed by atoms with van der Waals surface area (Å²) < 4.78 is 4.34. The largest absolute Gasteiger partial charge is 0.327 e. The first kappa shape index (κ1) is 22.7. The molecule has 9 heteroatoms. The minimum Gasteiger partial charge on any atom is -0.327 e. The van der Waals surface area contributed by atoms with Crippen molar-refractivity contribution in [2.45, 2.75) is 76.0 Å². The molecule has 34 heavy (non-hydrogen) atoms. The van der Waals surface area contributed by atoms with E-state index in [1.807, 2.05) is 26.0 Å². The van der Waals surface area contributed by atoms with Gasteiger partial charge in [0.1, 0.15) is 11.9 Å². The number of hydrogen-bond donors (Lipinski definition) is 1. The number of nitrogens with zero attached hydrogens (tertiary/aromatic N) is 6. The van der Waals surface area contributed by atoms with Crippen molar-refractivity contribution in [2.24, 2.45) is 0 Å². The van der Waals surface area contributed by atoms with Crippen molar-refractivity contribution in [3.8, 4) is 17.5 Å². The summed E-state index contributed by atoms with van der Waals surface area (Å²) in [6.07, 6.45) is 11.5. The van der Waals surface area contributed by atoms with E-state index in [1.165, 1.54) is 31.0 Å². The van der Waals surface area contributed by atoms with Gasteiger partial charge < -0.3 is 9.88 Å². The number of aromatic nitrogens is 5. The number of hydrogen-bond acceptors (Lipinski definition) is 6. The number of carbonyl (C=O) groups is 1. The van der Waals surface area contributed by atoms with Gasteiger partial charge in [-0.2, -0.15) is 5.26 Å². The molecule has 0 saturated heterocycles. The molecular formula is C25H29N7OS. The summed E-state index contributed by atoms with van der Waals surface area (Å²) in [4.78, 5) is 17.2. The molecule has 5 rings (SSSR count). The van der Waals surface area contributed by atoms with Gasteiger partial charge in [0.15, 0.2) is 11.0 Å². The van der Waals surface area contributed by atoms with Crippen molar-refractivity contribution in [1.29, 1.82) is 5.26 Å². The molecule has 0 aliphatic heterocycles. The third-order valence-corrected chi connectivity index (χ3v) is 7.86. The van der Waals surface area contributed by atoms with Gasteiger partial charge in [0.25, 0.3) is 0 Å². The Bertz CT molecular complexity index is 1230. The van der Waals surface area contributed by atoms with E-state index in [9.17, 15) is 10.1 Å². The fraction of sp³-hybridized carbons (Fsp3) is 0.480. The molecule has 0 aromatic carbocycles. The number of amides is 1. The second-order valence-electron chi connectivity index (χ2n) is 9.19. The van der Waals surface area contributed by atoms with Gasteiger partial charge >= 0.3 is 0 Å². The molecule has 2 saturated carbocycles. The van der Waals surface area contributed by atoms with Gasteiger partial charge in [-0.25, -0.2) is 0 Å². The first-order valence-electron chi connectivity index (χ1n) is 12.0. The summed E-state index contributed by atoms with van der Waals surface area (Å²) in [5.74, 6) is 1.54. The number of carbonyl (C=O) groups excluding carboxylic acids is 1. The average Bonchev–Trinajstić information content (AvgIpc) is 3.57. The molecule has 0 bridgehead atoms. The molecule has 3 aromatic heterocycles. The van der Waals surface area contributed by atoms with E-state index in [4.69, 9.17) is 0 Å². The van der Waals surface area contributed by atoms with Crippen LogP contribution in [-0.2, 0) is 4.79 Å². The van der Waals surface area contributed by atoms with E-state index in [0.29, 0.717) is 23.5 Å². The maximum absolute atomic E-state index is 13.1. The highest BCUT2D eigenvalue weighted by atomic mass is 32.2. The van der Waals surface area contributed by atoms with Gasteiger partial charge in [-0.05, 0) is 57.2 Å². The van der Waals surface area contributed by atoms with Crippen molar-refractivity contribution >= 4 is 23.5 Å². The molecule has 1 amide bonds. The van der Waals surface area contributed by atoms with Crippen LogP contribution in [0.25, 0.3) is 11.4 Å². The van der Waals surface area contributed by atoms with Crippen molar-refractivity contribution < 1.29 is 4.79 Å². The van der Waals surface area contributed by atoms with Crippen LogP contribution in [-0.4, -0.2) is 36.0 Å². The second kappa shape index (κ2) is 9.63. The molecule has 3 aromatic rings. The van der Waals surface area contributed by atoms with Crippen LogP contribution in [0.3, 0.4) is 0 Å². The third-order valence-electron chi connectivity index (χ3n) is 6.91. The molecule has 1 N–H and O–H groups in total. The fourth-order valence-electron chi connectivity index (χ4n) is 4.92. The lowest BCUT2D eigenvalue weighted by molar-refractivity contribution is -0.113. The SMILES string of the molecule is Cc1c(C#N)c(NC(=O)CSc2nnc(-c3ccncc3)n2C2CC2)n(C2CCCCC2)c1C. The van der Waals surface area contributed by atoms with Gasteiger partial charge in [0.05, 0.1) is 11.3 Å². The summed E-state index contributed by atoms with van der Waals surface area (Å²) in [7, 11) is 0. The predicted octanol–water partition coefficient (Wildman–Crippen LogP) is 5.20. The lowest BCUT2D eigenvalue weighted by atomic mass is 9.95. The Morgan fingerprint density at radius 1 is 1.09 bits per heavy atom. The minimum absolute atomic E-state index is 0.133. The van der Waals surface area contributed by atoms with Gasteiger partial charge in [0, 0.05) is 35.7 Å². The van der Waals surface area contributed by atoms with Gasteiger partial charge in [-0.3, -0.25) is 14.3 Å². The number of nitriles is 1. The Hall–Kier alpha value is -3.12. The number of pyridine rings is 1. The normalized spacial score (nSPS) is 16.4. The van der Waals surface area contributed by atoms with Crippen LogP contribution in [0.5, 0.6) is 0 Å². The highest BCUT2D eigenvalue weighted by Gasteiger charge is 2.31.